The molecule has 0 atom stereocenters. The van der Waals surface area contributed by atoms with Crippen molar-refractivity contribution in [1.82, 2.24) is 0 Å². The highest BCUT2D eigenvalue weighted by Crippen LogP contribution is 2.28. The Bertz CT molecular complexity index is 309. The second-order valence-corrected chi connectivity index (χ2v) is 6.87. The minimum atomic E-state index is -0.0000772. The maximum absolute atomic E-state index is 5.87. The van der Waals surface area contributed by atoms with Crippen LogP contribution in [0.5, 0.6) is 0 Å². The van der Waals surface area contributed by atoms with Crippen LogP contribution in [0.3, 0.4) is 0 Å². The molecule has 0 spiro atoms. The second kappa shape index (κ2) is 4.28. The molecule has 0 heterocycles. The van der Waals surface area contributed by atoms with Gasteiger partial charge in [0.2, 0.25) is 0 Å². The molecule has 0 saturated heterocycles. The number of rotatable bonds is 2. The fourth-order valence-electron chi connectivity index (χ4n) is 0.929. The van der Waals surface area contributed by atoms with Gasteiger partial charge in [-0.15, -0.1) is 12.6 Å². The Morgan fingerprint density at radius 3 is 2.62 bits per heavy atom. The van der Waals surface area contributed by atoms with Crippen LogP contribution in [0.4, 0.5) is 5.69 Å². The summed E-state index contributed by atoms with van der Waals surface area (Å²) in [5.41, 5.74) is 0.968. The van der Waals surface area contributed by atoms with E-state index in [9.17, 15) is 0 Å². The standard InChI is InChI=1S/C9H11ClINS/c1-9(2,11)12-7-5-6(10)3-4-8(7)13/h3-5,12-13H,1-2H3. The van der Waals surface area contributed by atoms with Gasteiger partial charge in [0, 0.05) is 9.92 Å². The normalized spacial score (nSPS) is 11.5. The van der Waals surface area contributed by atoms with E-state index in [2.05, 4.69) is 54.4 Å². The predicted octanol–water partition coefficient (Wildman–Crippen LogP) is 4.21. The van der Waals surface area contributed by atoms with Crippen LogP contribution in [0.25, 0.3) is 0 Å². The maximum atomic E-state index is 5.87. The molecule has 1 rings (SSSR count). The largest absolute Gasteiger partial charge is 0.370 e. The van der Waals surface area contributed by atoms with E-state index in [0.717, 1.165) is 15.6 Å². The third-order valence-corrected chi connectivity index (χ3v) is 2.29. The van der Waals surface area contributed by atoms with Gasteiger partial charge in [0.15, 0.2) is 0 Å². The van der Waals surface area contributed by atoms with Crippen molar-refractivity contribution in [1.29, 1.82) is 0 Å². The third kappa shape index (κ3) is 3.95. The highest BCUT2D eigenvalue weighted by molar-refractivity contribution is 14.1. The van der Waals surface area contributed by atoms with Gasteiger partial charge in [-0.25, -0.2) is 0 Å². The van der Waals surface area contributed by atoms with E-state index in [1.54, 1.807) is 0 Å². The molecule has 0 aliphatic heterocycles. The predicted molar refractivity (Wildman–Crippen MR) is 70.4 cm³/mol. The molecule has 4 heteroatoms. The van der Waals surface area contributed by atoms with Crippen LogP contribution in [0.15, 0.2) is 23.1 Å². The Kier molecular flexibility index (Phi) is 3.77. The summed E-state index contributed by atoms with van der Waals surface area (Å²) < 4.78 is -0.0000772. The fraction of sp³-hybridized carbons (Fsp3) is 0.333. The molecule has 0 saturated carbocycles. The molecule has 0 aliphatic rings. The van der Waals surface area contributed by atoms with Crippen molar-refractivity contribution >= 4 is 52.5 Å². The van der Waals surface area contributed by atoms with Gasteiger partial charge < -0.3 is 5.32 Å². The lowest BCUT2D eigenvalue weighted by atomic mass is 10.3. The van der Waals surface area contributed by atoms with Gasteiger partial charge in [-0.3, -0.25) is 0 Å². The van der Waals surface area contributed by atoms with Gasteiger partial charge in [-0.05, 0) is 32.0 Å². The molecule has 0 unspecified atom stereocenters. The second-order valence-electron chi connectivity index (χ2n) is 3.26. The number of hydrogen-bond donors (Lipinski definition) is 2. The topological polar surface area (TPSA) is 12.0 Å². The highest BCUT2D eigenvalue weighted by atomic mass is 127. The number of thiol groups is 1. The number of nitrogens with one attached hydrogen (secondary N) is 1. The van der Waals surface area contributed by atoms with E-state index in [1.807, 2.05) is 18.2 Å². The quantitative estimate of drug-likeness (QED) is 0.359. The molecule has 1 nitrogen and oxygen atoms in total. The molecule has 0 radical (unpaired) electrons. The summed E-state index contributed by atoms with van der Waals surface area (Å²) in [5, 5.41) is 4.04. The van der Waals surface area contributed by atoms with E-state index in [0.29, 0.717) is 0 Å². The number of halogens is 2. The third-order valence-electron chi connectivity index (χ3n) is 1.39. The molecule has 72 valence electrons. The van der Waals surface area contributed by atoms with E-state index >= 15 is 0 Å². The average Bonchev–Trinajstić information content (AvgIpc) is 1.94. The lowest BCUT2D eigenvalue weighted by molar-refractivity contribution is 0.860. The fourth-order valence-corrected chi connectivity index (χ4v) is 1.59. The maximum Gasteiger partial charge on any atom is 0.0834 e. The van der Waals surface area contributed by atoms with Crippen LogP contribution in [-0.2, 0) is 0 Å². The number of hydrogen-bond acceptors (Lipinski definition) is 2. The van der Waals surface area contributed by atoms with E-state index in [4.69, 9.17) is 11.6 Å². The first-order valence-electron chi connectivity index (χ1n) is 3.84. The molecule has 0 amide bonds. The zero-order valence-electron chi connectivity index (χ0n) is 7.44. The Labute approximate surface area is 103 Å². The molecule has 13 heavy (non-hydrogen) atoms. The monoisotopic (exact) mass is 327 g/mol. The van der Waals surface area contributed by atoms with Crippen LogP contribution in [0.2, 0.25) is 5.02 Å². The van der Waals surface area contributed by atoms with Crippen molar-refractivity contribution in [2.24, 2.45) is 0 Å². The van der Waals surface area contributed by atoms with Gasteiger partial charge >= 0.3 is 0 Å². The van der Waals surface area contributed by atoms with Crippen LogP contribution in [0, 0.1) is 0 Å². The summed E-state index contributed by atoms with van der Waals surface area (Å²) in [4.78, 5) is 0.911. The summed E-state index contributed by atoms with van der Waals surface area (Å²) in [6.45, 7) is 4.17. The molecular weight excluding hydrogens is 317 g/mol. The minimum Gasteiger partial charge on any atom is -0.370 e. The van der Waals surface area contributed by atoms with Crippen molar-refractivity contribution in [3.63, 3.8) is 0 Å². The van der Waals surface area contributed by atoms with Crippen LogP contribution in [-0.4, -0.2) is 3.55 Å². The first-order valence-corrected chi connectivity index (χ1v) is 5.74. The molecule has 0 bridgehead atoms. The summed E-state index contributed by atoms with van der Waals surface area (Å²) in [7, 11) is 0. The lowest BCUT2D eigenvalue weighted by Crippen LogP contribution is -2.22. The van der Waals surface area contributed by atoms with Crippen LogP contribution in [0.1, 0.15) is 13.8 Å². The van der Waals surface area contributed by atoms with E-state index < -0.39 is 0 Å². The van der Waals surface area contributed by atoms with E-state index in [-0.39, 0.29) is 3.55 Å². The minimum absolute atomic E-state index is 0.0000772. The Morgan fingerprint density at radius 2 is 2.08 bits per heavy atom. The molecule has 0 fully saturated rings. The highest BCUT2D eigenvalue weighted by Gasteiger charge is 2.12. The van der Waals surface area contributed by atoms with Crippen molar-refractivity contribution in [2.45, 2.75) is 22.3 Å². The van der Waals surface area contributed by atoms with Gasteiger partial charge in [0.1, 0.15) is 0 Å². The summed E-state index contributed by atoms with van der Waals surface area (Å²) in [6.07, 6.45) is 0. The van der Waals surface area contributed by atoms with Gasteiger partial charge in [0.25, 0.3) is 0 Å². The average molecular weight is 328 g/mol. The number of anilines is 1. The number of benzene rings is 1. The Morgan fingerprint density at radius 1 is 1.46 bits per heavy atom. The zero-order chi connectivity index (χ0) is 10.1. The summed E-state index contributed by atoms with van der Waals surface area (Å²) >= 11 is 12.5. The molecule has 0 aliphatic carbocycles. The number of alkyl halides is 1. The Hall–Kier alpha value is 0.390. The van der Waals surface area contributed by atoms with Crippen LogP contribution < -0.4 is 5.32 Å². The van der Waals surface area contributed by atoms with Crippen molar-refractivity contribution in [3.8, 4) is 0 Å². The molecule has 1 aromatic carbocycles. The molecule has 1 N–H and O–H groups in total. The van der Waals surface area contributed by atoms with Crippen molar-refractivity contribution < 1.29 is 0 Å². The smallest absolute Gasteiger partial charge is 0.0834 e. The molecular formula is C9H11ClINS. The van der Waals surface area contributed by atoms with E-state index in [1.165, 1.54) is 0 Å². The van der Waals surface area contributed by atoms with Gasteiger partial charge in [-0.2, -0.15) is 0 Å². The van der Waals surface area contributed by atoms with Gasteiger partial charge in [0.05, 0.1) is 9.23 Å². The first-order chi connectivity index (χ1) is 5.88. The molecule has 0 aromatic heterocycles. The van der Waals surface area contributed by atoms with Crippen molar-refractivity contribution in [3.05, 3.63) is 23.2 Å². The van der Waals surface area contributed by atoms with Crippen molar-refractivity contribution in [2.75, 3.05) is 5.32 Å². The summed E-state index contributed by atoms with van der Waals surface area (Å²) in [5.74, 6) is 0. The Balaban J connectivity index is 2.94. The zero-order valence-corrected chi connectivity index (χ0v) is 11.2. The lowest BCUT2D eigenvalue weighted by Gasteiger charge is -2.21. The van der Waals surface area contributed by atoms with Gasteiger partial charge in [-0.1, -0.05) is 34.2 Å². The van der Waals surface area contributed by atoms with Crippen LogP contribution >= 0.6 is 46.8 Å². The summed E-state index contributed by atoms with van der Waals surface area (Å²) in [6, 6.07) is 5.59. The molecule has 1 aromatic rings. The SMILES string of the molecule is CC(C)(I)Nc1cc(Cl)ccc1S. The first kappa shape index (κ1) is 11.5.